The molecule has 5 aromatic rings. The van der Waals surface area contributed by atoms with Crippen LogP contribution in [-0.4, -0.2) is 72.5 Å². The molecule has 0 aliphatic carbocycles. The van der Waals surface area contributed by atoms with E-state index in [2.05, 4.69) is 61.9 Å². The summed E-state index contributed by atoms with van der Waals surface area (Å²) in [6.45, 7) is 2.93. The van der Waals surface area contributed by atoms with Gasteiger partial charge in [0.05, 0.1) is 58.4 Å². The topological polar surface area (TPSA) is 106 Å². The fourth-order valence-corrected chi connectivity index (χ4v) is 8.97. The Morgan fingerprint density at radius 2 is 1.20 bits per heavy atom. The van der Waals surface area contributed by atoms with Crippen LogP contribution in [0.25, 0.3) is 22.1 Å². The highest BCUT2D eigenvalue weighted by Crippen LogP contribution is 2.49. The normalized spacial score (nSPS) is 27.1. The zero-order chi connectivity index (χ0) is 34.6. The van der Waals surface area contributed by atoms with Crippen molar-refractivity contribution in [2.24, 2.45) is 0 Å². The van der Waals surface area contributed by atoms with E-state index in [9.17, 15) is 0 Å². The number of nitrogens with zero attached hydrogens (tertiary/aromatic N) is 4. The zero-order valence-corrected chi connectivity index (χ0v) is 29.2. The van der Waals surface area contributed by atoms with Crippen LogP contribution in [0.3, 0.4) is 0 Å². The van der Waals surface area contributed by atoms with E-state index >= 15 is 8.78 Å². The third-order valence-electron chi connectivity index (χ3n) is 11.7. The summed E-state index contributed by atoms with van der Waals surface area (Å²) in [6, 6.07) is 15.8. The minimum atomic E-state index is -0.504. The molecule has 4 aliphatic rings. The lowest BCUT2D eigenvalue weighted by Crippen LogP contribution is -2.31. The second-order valence-corrected chi connectivity index (χ2v) is 14.7. The van der Waals surface area contributed by atoms with Crippen molar-refractivity contribution in [3.63, 3.8) is 0 Å². The van der Waals surface area contributed by atoms with Gasteiger partial charge in [0.25, 0.3) is 0 Å². The minimum Gasteiger partial charge on any atom is -0.380 e. The number of aromatic nitrogens is 4. The van der Waals surface area contributed by atoms with E-state index in [0.717, 1.165) is 103 Å². The van der Waals surface area contributed by atoms with E-state index in [4.69, 9.17) is 19.4 Å². The van der Waals surface area contributed by atoms with Crippen LogP contribution in [0.4, 0.5) is 20.2 Å². The number of H-pyrrole nitrogens is 2. The van der Waals surface area contributed by atoms with Gasteiger partial charge < -0.3 is 39.9 Å². The molecular formula is C39H46F2N8O2. The lowest BCUT2D eigenvalue weighted by Gasteiger charge is -2.35. The molecule has 4 saturated heterocycles. The van der Waals surface area contributed by atoms with Crippen molar-refractivity contribution in [3.8, 4) is 0 Å². The minimum absolute atomic E-state index is 0.0935. The molecular weight excluding hydrogens is 650 g/mol. The van der Waals surface area contributed by atoms with Crippen molar-refractivity contribution in [2.45, 2.75) is 81.3 Å². The molecule has 0 bridgehead atoms. The second kappa shape index (κ2) is 13.5. The maximum Gasteiger partial charge on any atom is 0.151 e. The highest BCUT2D eigenvalue weighted by atomic mass is 19.1. The molecule has 4 fully saturated rings. The number of halogens is 2. The highest BCUT2D eigenvalue weighted by Gasteiger charge is 2.38. The molecule has 6 heterocycles. The number of anilines is 2. The predicted molar refractivity (Wildman–Crippen MR) is 194 cm³/mol. The number of hydrogen-bond donors (Lipinski definition) is 4. The van der Waals surface area contributed by atoms with E-state index < -0.39 is 11.6 Å². The Labute approximate surface area is 296 Å². The molecule has 51 heavy (non-hydrogen) atoms. The lowest BCUT2D eigenvalue weighted by atomic mass is 10.0. The first kappa shape index (κ1) is 32.8. The number of fused-ring (bicyclic) bond motifs is 2. The number of ether oxygens (including phenoxy) is 2. The molecule has 268 valence electrons. The number of imidazole rings is 2. The Kier molecular flexibility index (Phi) is 8.66. The maximum atomic E-state index is 16.1. The first-order valence-electron chi connectivity index (χ1n) is 18.5. The van der Waals surface area contributed by atoms with Gasteiger partial charge in [0.15, 0.2) is 11.6 Å². The van der Waals surface area contributed by atoms with E-state index in [0.29, 0.717) is 18.8 Å². The monoisotopic (exact) mass is 696 g/mol. The van der Waals surface area contributed by atoms with Crippen molar-refractivity contribution >= 4 is 33.4 Å². The van der Waals surface area contributed by atoms with Crippen molar-refractivity contribution in [2.75, 3.05) is 50.2 Å². The molecule has 12 heteroatoms. The number of rotatable bonds is 8. The van der Waals surface area contributed by atoms with Gasteiger partial charge in [-0.05, 0) is 92.5 Å². The summed E-state index contributed by atoms with van der Waals surface area (Å²) in [5, 5.41) is 7.03. The fourth-order valence-electron chi connectivity index (χ4n) is 8.97. The molecule has 0 amide bonds. The molecule has 10 nitrogen and oxygen atoms in total. The molecule has 0 radical (unpaired) electrons. The molecule has 6 atom stereocenters. The molecule has 9 rings (SSSR count). The molecule has 0 saturated carbocycles. The van der Waals surface area contributed by atoms with Gasteiger partial charge in [-0.25, -0.2) is 18.7 Å². The molecule has 0 spiro atoms. The van der Waals surface area contributed by atoms with Gasteiger partial charge in [0.2, 0.25) is 0 Å². The first-order chi connectivity index (χ1) is 24.9. The highest BCUT2D eigenvalue weighted by molar-refractivity contribution is 5.78. The lowest BCUT2D eigenvalue weighted by molar-refractivity contribution is 0.117. The van der Waals surface area contributed by atoms with Crippen LogP contribution in [0.15, 0.2) is 48.5 Å². The summed E-state index contributed by atoms with van der Waals surface area (Å²) in [5.74, 6) is 0.794. The summed E-state index contributed by atoms with van der Waals surface area (Å²) >= 11 is 0. The smallest absolute Gasteiger partial charge is 0.151 e. The zero-order valence-electron chi connectivity index (χ0n) is 29.2. The van der Waals surface area contributed by atoms with E-state index in [1.54, 1.807) is 26.4 Å². The van der Waals surface area contributed by atoms with Crippen LogP contribution in [0.2, 0.25) is 0 Å². The van der Waals surface area contributed by atoms with E-state index in [1.165, 1.54) is 0 Å². The Hall–Kier alpha value is -4.10. The van der Waals surface area contributed by atoms with Gasteiger partial charge in [-0.15, -0.1) is 0 Å². The molecule has 3 aromatic carbocycles. The standard InChI is InChI=1S/C39H46F2N8O2/c1-50-25-18-33(42-20-25)38-44-29-8-6-22(14-31(29)46-38)35-10-11-36(49(35)24-16-27(40)37(28(41)17-24)48-12-4-3-5-13-48)23-7-9-30-32(15-23)47-39(45-30)34-19-26(51-2)21-43-34/h6-9,14-17,25-26,33-36,42-43H,3-5,10-13,18-21H2,1-2H3,(H,44,46)(H,45,47)/t25-,26-,33-,34-,35+,36+/m0/s1. The maximum absolute atomic E-state index is 16.1. The Morgan fingerprint density at radius 1 is 0.686 bits per heavy atom. The van der Waals surface area contributed by atoms with Gasteiger partial charge in [0.1, 0.15) is 17.3 Å². The second-order valence-electron chi connectivity index (χ2n) is 14.7. The van der Waals surface area contributed by atoms with Gasteiger partial charge in [-0.3, -0.25) is 0 Å². The van der Waals surface area contributed by atoms with Crippen LogP contribution in [-0.2, 0) is 9.47 Å². The summed E-state index contributed by atoms with van der Waals surface area (Å²) in [7, 11) is 3.49. The fraction of sp³-hybridized carbons (Fsp3) is 0.487. The van der Waals surface area contributed by atoms with Gasteiger partial charge in [0, 0.05) is 46.1 Å². The molecule has 2 aromatic heterocycles. The predicted octanol–water partition coefficient (Wildman–Crippen LogP) is 6.89. The van der Waals surface area contributed by atoms with Crippen molar-refractivity contribution < 1.29 is 18.3 Å². The average molecular weight is 697 g/mol. The van der Waals surface area contributed by atoms with Gasteiger partial charge in [-0.2, -0.15) is 0 Å². The van der Waals surface area contributed by atoms with Gasteiger partial charge >= 0.3 is 0 Å². The number of benzene rings is 3. The van der Waals surface area contributed by atoms with Gasteiger partial charge in [-0.1, -0.05) is 12.1 Å². The Bertz CT molecular complexity index is 1910. The number of piperidine rings is 1. The molecule has 4 aliphatic heterocycles. The number of aromatic amines is 2. The summed E-state index contributed by atoms with van der Waals surface area (Å²) in [6.07, 6.45) is 6.68. The molecule has 4 N–H and O–H groups in total. The number of hydrogen-bond acceptors (Lipinski definition) is 8. The van der Waals surface area contributed by atoms with E-state index in [1.807, 2.05) is 4.90 Å². The average Bonchev–Trinajstić information content (AvgIpc) is 3.99. The van der Waals surface area contributed by atoms with Crippen molar-refractivity contribution in [3.05, 3.63) is 82.9 Å². The quantitative estimate of drug-likeness (QED) is 0.139. The third-order valence-corrected chi connectivity index (χ3v) is 11.7. The van der Waals surface area contributed by atoms with Crippen LogP contribution >= 0.6 is 0 Å². The summed E-state index contributed by atoms with van der Waals surface area (Å²) in [4.78, 5) is 21.0. The number of nitrogens with one attached hydrogen (secondary N) is 4. The third kappa shape index (κ3) is 6.05. The largest absolute Gasteiger partial charge is 0.380 e. The van der Waals surface area contributed by atoms with Crippen LogP contribution in [0, 0.1) is 11.6 Å². The van der Waals surface area contributed by atoms with E-state index in [-0.39, 0.29) is 42.1 Å². The Balaban J connectivity index is 1.08. The van der Waals surface area contributed by atoms with Crippen LogP contribution in [0.1, 0.15) is 91.9 Å². The first-order valence-corrected chi connectivity index (χ1v) is 18.5. The molecule has 0 unspecified atom stereocenters. The van der Waals surface area contributed by atoms with Crippen LogP contribution in [0.5, 0.6) is 0 Å². The van der Waals surface area contributed by atoms with Crippen molar-refractivity contribution in [1.82, 2.24) is 30.6 Å². The van der Waals surface area contributed by atoms with Crippen LogP contribution < -0.4 is 20.4 Å². The Morgan fingerprint density at radius 3 is 1.67 bits per heavy atom. The van der Waals surface area contributed by atoms with Crippen molar-refractivity contribution in [1.29, 1.82) is 0 Å². The summed E-state index contributed by atoms with van der Waals surface area (Å²) in [5.41, 5.74) is 6.51. The SMILES string of the molecule is CO[C@@H]1CN[C@H](c2nc3ccc([C@H]4CC[C@H](c5ccc6nc([C@@H]7C[C@H](OC)CN7)[nH]c6c5)N4c4cc(F)c(N5CCCCC5)c(F)c4)cc3[nH]2)C1. The number of methoxy groups -OCH3 is 2. The summed E-state index contributed by atoms with van der Waals surface area (Å²) < 4.78 is 43.3.